The monoisotopic (exact) mass is 174 g/mol. The summed E-state index contributed by atoms with van der Waals surface area (Å²) in [5.41, 5.74) is 0.680. The Balaban J connectivity index is 2.95. The summed E-state index contributed by atoms with van der Waals surface area (Å²) in [5, 5.41) is 10.9. The van der Waals surface area contributed by atoms with Gasteiger partial charge in [0.1, 0.15) is 6.07 Å². The number of para-hydroxylation sites is 1. The van der Waals surface area contributed by atoms with Crippen molar-refractivity contribution in [3.05, 3.63) is 29.8 Å². The zero-order valence-electron chi connectivity index (χ0n) is 6.65. The van der Waals surface area contributed by atoms with E-state index in [1.165, 1.54) is 0 Å². The first-order valence-corrected chi connectivity index (χ1v) is 3.53. The molecule has 0 heterocycles. The lowest BCUT2D eigenvalue weighted by Gasteiger charge is -2.01. The van der Waals surface area contributed by atoms with E-state index in [9.17, 15) is 9.59 Å². The molecule has 64 valence electrons. The zero-order chi connectivity index (χ0) is 9.68. The standard InChI is InChI=1S/C9H6N2O2/c10-5-7-3-1-2-4-8(7)11-9(13)6-12/h1-4,6H,(H,11,13). The number of anilines is 1. The summed E-state index contributed by atoms with van der Waals surface area (Å²) in [4.78, 5) is 20.7. The van der Waals surface area contributed by atoms with Crippen molar-refractivity contribution in [3.8, 4) is 6.07 Å². The number of hydrogen-bond donors (Lipinski definition) is 1. The second-order valence-electron chi connectivity index (χ2n) is 2.26. The number of nitrogens with zero attached hydrogens (tertiary/aromatic N) is 1. The van der Waals surface area contributed by atoms with Crippen LogP contribution in [0.2, 0.25) is 0 Å². The summed E-state index contributed by atoms with van der Waals surface area (Å²) in [6.45, 7) is 0. The smallest absolute Gasteiger partial charge is 0.288 e. The Hall–Kier alpha value is -2.15. The highest BCUT2D eigenvalue weighted by Gasteiger charge is 2.03. The highest BCUT2D eigenvalue weighted by atomic mass is 16.2. The van der Waals surface area contributed by atoms with E-state index in [0.717, 1.165) is 0 Å². The lowest BCUT2D eigenvalue weighted by Crippen LogP contribution is -2.12. The van der Waals surface area contributed by atoms with Crippen molar-refractivity contribution < 1.29 is 9.59 Å². The molecule has 0 unspecified atom stereocenters. The molecule has 1 aromatic rings. The predicted octanol–water partition coefficient (Wildman–Crippen LogP) is 0.696. The van der Waals surface area contributed by atoms with Crippen molar-refractivity contribution in [2.75, 3.05) is 5.32 Å². The molecule has 0 aliphatic rings. The quantitative estimate of drug-likeness (QED) is 0.529. The first-order valence-electron chi connectivity index (χ1n) is 3.53. The van der Waals surface area contributed by atoms with Gasteiger partial charge in [0.25, 0.3) is 5.91 Å². The maximum absolute atomic E-state index is 10.7. The fourth-order valence-corrected chi connectivity index (χ4v) is 0.852. The number of benzene rings is 1. The molecule has 1 N–H and O–H groups in total. The summed E-state index contributed by atoms with van der Waals surface area (Å²) < 4.78 is 0. The van der Waals surface area contributed by atoms with Crippen molar-refractivity contribution in [3.63, 3.8) is 0 Å². The van der Waals surface area contributed by atoms with Crippen molar-refractivity contribution in [2.45, 2.75) is 0 Å². The van der Waals surface area contributed by atoms with Crippen LogP contribution < -0.4 is 5.32 Å². The lowest BCUT2D eigenvalue weighted by atomic mass is 10.2. The van der Waals surface area contributed by atoms with Gasteiger partial charge in [0.2, 0.25) is 6.29 Å². The van der Waals surface area contributed by atoms with E-state index in [2.05, 4.69) is 5.32 Å². The van der Waals surface area contributed by atoms with Gasteiger partial charge in [0.15, 0.2) is 0 Å². The van der Waals surface area contributed by atoms with Crippen LogP contribution in [-0.2, 0) is 9.59 Å². The van der Waals surface area contributed by atoms with Gasteiger partial charge in [-0.3, -0.25) is 9.59 Å². The Kier molecular flexibility index (Phi) is 2.77. The molecule has 1 amide bonds. The highest BCUT2D eigenvalue weighted by Crippen LogP contribution is 2.12. The minimum absolute atomic E-state index is 0.161. The van der Waals surface area contributed by atoms with Crippen LogP contribution in [0, 0.1) is 11.3 Å². The molecule has 0 spiro atoms. The number of nitrogens with one attached hydrogen (secondary N) is 1. The van der Waals surface area contributed by atoms with Gasteiger partial charge < -0.3 is 5.32 Å². The van der Waals surface area contributed by atoms with Crippen LogP contribution in [0.15, 0.2) is 24.3 Å². The molecule has 0 aliphatic heterocycles. The maximum Gasteiger partial charge on any atom is 0.288 e. The summed E-state index contributed by atoms with van der Waals surface area (Å²) in [7, 11) is 0. The first-order chi connectivity index (χ1) is 6.27. The normalized spacial score (nSPS) is 8.54. The second kappa shape index (κ2) is 4.02. The second-order valence-corrected chi connectivity index (χ2v) is 2.26. The molecule has 0 bridgehead atoms. The average molecular weight is 174 g/mol. The number of nitriles is 1. The molecule has 0 aromatic heterocycles. The van der Waals surface area contributed by atoms with Crippen LogP contribution in [0.25, 0.3) is 0 Å². The summed E-state index contributed by atoms with van der Waals surface area (Å²) >= 11 is 0. The van der Waals surface area contributed by atoms with E-state index in [-0.39, 0.29) is 6.29 Å². The lowest BCUT2D eigenvalue weighted by molar-refractivity contribution is -0.127. The number of carbonyl (C=O) groups excluding carboxylic acids is 2. The Morgan fingerprint density at radius 2 is 2.15 bits per heavy atom. The van der Waals surface area contributed by atoms with Crippen LogP contribution >= 0.6 is 0 Å². The SMILES string of the molecule is N#Cc1ccccc1NC(=O)C=O. The van der Waals surface area contributed by atoms with E-state index in [1.54, 1.807) is 24.3 Å². The maximum atomic E-state index is 10.7. The van der Waals surface area contributed by atoms with Crippen LogP contribution in [0.1, 0.15) is 5.56 Å². The minimum Gasteiger partial charge on any atom is -0.318 e. The molecule has 0 aliphatic carbocycles. The van der Waals surface area contributed by atoms with Crippen LogP contribution in [0.4, 0.5) is 5.69 Å². The number of rotatable bonds is 2. The Morgan fingerprint density at radius 1 is 1.46 bits per heavy atom. The zero-order valence-corrected chi connectivity index (χ0v) is 6.65. The molecule has 0 atom stereocenters. The predicted molar refractivity (Wildman–Crippen MR) is 45.9 cm³/mol. The first kappa shape index (κ1) is 8.94. The number of amides is 1. The molecule has 4 nitrogen and oxygen atoms in total. The molecule has 0 fully saturated rings. The minimum atomic E-state index is -0.761. The third-order valence-electron chi connectivity index (χ3n) is 1.41. The largest absolute Gasteiger partial charge is 0.318 e. The molecule has 4 heteroatoms. The Labute approximate surface area is 74.8 Å². The number of hydrogen-bond acceptors (Lipinski definition) is 3. The number of carbonyl (C=O) groups is 2. The highest BCUT2D eigenvalue weighted by molar-refractivity contribution is 6.29. The van der Waals surface area contributed by atoms with Crippen LogP contribution in [0.5, 0.6) is 0 Å². The summed E-state index contributed by atoms with van der Waals surface area (Å²) in [5.74, 6) is -0.761. The fourth-order valence-electron chi connectivity index (χ4n) is 0.852. The van der Waals surface area contributed by atoms with E-state index in [0.29, 0.717) is 11.3 Å². The average Bonchev–Trinajstić information content (AvgIpc) is 2.18. The van der Waals surface area contributed by atoms with Gasteiger partial charge in [0, 0.05) is 0 Å². The fraction of sp³-hybridized carbons (Fsp3) is 0. The van der Waals surface area contributed by atoms with Crippen LogP contribution in [-0.4, -0.2) is 12.2 Å². The van der Waals surface area contributed by atoms with Crippen molar-refractivity contribution in [1.29, 1.82) is 5.26 Å². The van der Waals surface area contributed by atoms with E-state index in [1.807, 2.05) is 6.07 Å². The van der Waals surface area contributed by atoms with E-state index in [4.69, 9.17) is 5.26 Å². The topological polar surface area (TPSA) is 70.0 Å². The molecule has 0 saturated heterocycles. The van der Waals surface area contributed by atoms with Gasteiger partial charge in [-0.2, -0.15) is 5.26 Å². The van der Waals surface area contributed by atoms with E-state index < -0.39 is 5.91 Å². The Morgan fingerprint density at radius 3 is 2.77 bits per heavy atom. The molecule has 0 saturated carbocycles. The molecular weight excluding hydrogens is 168 g/mol. The van der Waals surface area contributed by atoms with Gasteiger partial charge in [0.05, 0.1) is 11.3 Å². The number of aldehydes is 1. The third-order valence-corrected chi connectivity index (χ3v) is 1.41. The molecule has 13 heavy (non-hydrogen) atoms. The van der Waals surface area contributed by atoms with E-state index >= 15 is 0 Å². The Bertz CT molecular complexity index is 379. The van der Waals surface area contributed by atoms with Gasteiger partial charge in [-0.05, 0) is 12.1 Å². The van der Waals surface area contributed by atoms with Gasteiger partial charge in [-0.25, -0.2) is 0 Å². The summed E-state index contributed by atoms with van der Waals surface area (Å²) in [6, 6.07) is 8.35. The summed E-state index contributed by atoms with van der Waals surface area (Å²) in [6.07, 6.45) is 0.161. The molecule has 0 radical (unpaired) electrons. The third kappa shape index (κ3) is 2.14. The van der Waals surface area contributed by atoms with Crippen molar-refractivity contribution >= 4 is 17.9 Å². The van der Waals surface area contributed by atoms with Crippen LogP contribution in [0.3, 0.4) is 0 Å². The van der Waals surface area contributed by atoms with Gasteiger partial charge in [-0.1, -0.05) is 12.1 Å². The van der Waals surface area contributed by atoms with Crippen molar-refractivity contribution in [2.24, 2.45) is 0 Å². The van der Waals surface area contributed by atoms with Crippen molar-refractivity contribution in [1.82, 2.24) is 0 Å². The molecular formula is C9H6N2O2. The van der Waals surface area contributed by atoms with Gasteiger partial charge in [-0.15, -0.1) is 0 Å². The van der Waals surface area contributed by atoms with Gasteiger partial charge >= 0.3 is 0 Å². The molecule has 1 rings (SSSR count). The molecule has 1 aromatic carbocycles.